The highest BCUT2D eigenvalue weighted by atomic mass is 19.4. The molecule has 0 saturated heterocycles. The molecule has 108 valence electrons. The van der Waals surface area contributed by atoms with Crippen LogP contribution in [-0.2, 0) is 0 Å². The van der Waals surface area contributed by atoms with E-state index in [1.54, 1.807) is 4.90 Å². The summed E-state index contributed by atoms with van der Waals surface area (Å²) < 4.78 is 37.1. The molecule has 0 aromatic rings. The normalized spacial score (nSPS) is 16.8. The smallest absolute Gasteiger partial charge is 0.315 e. The van der Waals surface area contributed by atoms with Crippen molar-refractivity contribution in [2.45, 2.75) is 51.7 Å². The van der Waals surface area contributed by atoms with E-state index in [4.69, 9.17) is 0 Å². The number of hydrogen-bond donors (Lipinski definition) is 1. The summed E-state index contributed by atoms with van der Waals surface area (Å²) in [6, 6.07) is 0.170. The lowest BCUT2D eigenvalue weighted by molar-refractivity contribution is -0.147. The average Bonchev–Trinajstić information content (AvgIpc) is 3.02. The molecule has 0 bridgehead atoms. The molecule has 5 heteroatoms. The zero-order chi connectivity index (χ0) is 13.6. The highest BCUT2D eigenvalue weighted by Crippen LogP contribution is 2.29. The predicted octanol–water partition coefficient (Wildman–Crippen LogP) is 3.04. The SMILES string of the molecule is CC(C)CCCNCCN(CC(F)(F)F)C1CC1. The Bertz CT molecular complexity index is 225. The molecule has 1 aliphatic rings. The molecule has 0 amide bonds. The third kappa shape index (κ3) is 7.93. The maximum atomic E-state index is 12.4. The van der Waals surface area contributed by atoms with Gasteiger partial charge in [-0.1, -0.05) is 13.8 Å². The van der Waals surface area contributed by atoms with Gasteiger partial charge in [-0.2, -0.15) is 13.2 Å². The van der Waals surface area contributed by atoms with E-state index in [0.29, 0.717) is 19.0 Å². The predicted molar refractivity (Wildman–Crippen MR) is 67.6 cm³/mol. The Morgan fingerprint density at radius 3 is 2.39 bits per heavy atom. The molecule has 0 unspecified atom stereocenters. The highest BCUT2D eigenvalue weighted by molar-refractivity contribution is 4.85. The van der Waals surface area contributed by atoms with Crippen LogP contribution >= 0.6 is 0 Å². The Balaban J connectivity index is 2.07. The number of halogens is 3. The Hall–Kier alpha value is -0.290. The number of hydrogen-bond acceptors (Lipinski definition) is 2. The quantitative estimate of drug-likeness (QED) is 0.645. The maximum absolute atomic E-state index is 12.4. The average molecular weight is 266 g/mol. The van der Waals surface area contributed by atoms with Crippen LogP contribution < -0.4 is 5.32 Å². The van der Waals surface area contributed by atoms with Crippen molar-refractivity contribution in [3.05, 3.63) is 0 Å². The van der Waals surface area contributed by atoms with Crippen LogP contribution in [0.5, 0.6) is 0 Å². The molecule has 0 spiro atoms. The van der Waals surface area contributed by atoms with Crippen molar-refractivity contribution in [2.24, 2.45) is 5.92 Å². The van der Waals surface area contributed by atoms with E-state index in [9.17, 15) is 13.2 Å². The second kappa shape index (κ2) is 7.34. The van der Waals surface area contributed by atoms with E-state index in [1.807, 2.05) is 0 Å². The summed E-state index contributed by atoms with van der Waals surface area (Å²) >= 11 is 0. The Kier molecular flexibility index (Phi) is 6.43. The summed E-state index contributed by atoms with van der Waals surface area (Å²) in [6.45, 7) is 5.67. The highest BCUT2D eigenvalue weighted by Gasteiger charge is 2.37. The molecule has 0 heterocycles. The fourth-order valence-electron chi connectivity index (χ4n) is 2.04. The summed E-state index contributed by atoms with van der Waals surface area (Å²) in [4.78, 5) is 1.56. The minimum absolute atomic E-state index is 0.170. The van der Waals surface area contributed by atoms with Gasteiger partial charge in [0.2, 0.25) is 0 Å². The zero-order valence-electron chi connectivity index (χ0n) is 11.4. The monoisotopic (exact) mass is 266 g/mol. The Labute approximate surface area is 108 Å². The molecule has 0 aromatic heterocycles. The van der Waals surface area contributed by atoms with E-state index in [0.717, 1.165) is 25.8 Å². The van der Waals surface area contributed by atoms with Gasteiger partial charge >= 0.3 is 6.18 Å². The maximum Gasteiger partial charge on any atom is 0.401 e. The van der Waals surface area contributed by atoms with Crippen molar-refractivity contribution in [1.29, 1.82) is 0 Å². The van der Waals surface area contributed by atoms with Crippen LogP contribution in [0.2, 0.25) is 0 Å². The van der Waals surface area contributed by atoms with Crippen molar-refractivity contribution in [1.82, 2.24) is 10.2 Å². The molecule has 18 heavy (non-hydrogen) atoms. The molecule has 2 nitrogen and oxygen atoms in total. The van der Waals surface area contributed by atoms with Gasteiger partial charge in [-0.3, -0.25) is 4.90 Å². The van der Waals surface area contributed by atoms with Gasteiger partial charge < -0.3 is 5.32 Å². The lowest BCUT2D eigenvalue weighted by Crippen LogP contribution is -2.40. The summed E-state index contributed by atoms with van der Waals surface area (Å²) in [5, 5.41) is 3.23. The van der Waals surface area contributed by atoms with E-state index in [-0.39, 0.29) is 6.04 Å². The van der Waals surface area contributed by atoms with Gasteiger partial charge in [-0.05, 0) is 38.1 Å². The lowest BCUT2D eigenvalue weighted by Gasteiger charge is -2.23. The molecule has 0 aromatic carbocycles. The van der Waals surface area contributed by atoms with Gasteiger partial charge in [0, 0.05) is 19.1 Å². The van der Waals surface area contributed by atoms with Gasteiger partial charge in [-0.15, -0.1) is 0 Å². The molecule has 1 saturated carbocycles. The molecular formula is C13H25F3N2. The van der Waals surface area contributed by atoms with Crippen LogP contribution in [0.1, 0.15) is 39.5 Å². The van der Waals surface area contributed by atoms with Gasteiger partial charge in [0.05, 0.1) is 6.54 Å². The summed E-state index contributed by atoms with van der Waals surface area (Å²) in [7, 11) is 0. The fraction of sp³-hybridized carbons (Fsp3) is 1.00. The summed E-state index contributed by atoms with van der Waals surface area (Å²) in [6.07, 6.45) is 0.0371. The first-order valence-corrected chi connectivity index (χ1v) is 6.90. The van der Waals surface area contributed by atoms with Crippen molar-refractivity contribution in [3.8, 4) is 0 Å². The summed E-state index contributed by atoms with van der Waals surface area (Å²) in [5.41, 5.74) is 0. The van der Waals surface area contributed by atoms with Gasteiger partial charge in [0.1, 0.15) is 0 Å². The van der Waals surface area contributed by atoms with E-state index in [1.165, 1.54) is 6.42 Å². The first-order chi connectivity index (χ1) is 8.38. The van der Waals surface area contributed by atoms with Crippen molar-refractivity contribution >= 4 is 0 Å². The van der Waals surface area contributed by atoms with Gasteiger partial charge in [0.25, 0.3) is 0 Å². The van der Waals surface area contributed by atoms with Crippen LogP contribution in [0, 0.1) is 5.92 Å². The zero-order valence-corrected chi connectivity index (χ0v) is 11.4. The van der Waals surface area contributed by atoms with Crippen LogP contribution in [0.25, 0.3) is 0 Å². The lowest BCUT2D eigenvalue weighted by atomic mass is 10.1. The Morgan fingerprint density at radius 1 is 1.22 bits per heavy atom. The van der Waals surface area contributed by atoms with Crippen LogP contribution in [-0.4, -0.2) is 43.3 Å². The van der Waals surface area contributed by atoms with Gasteiger partial charge in [-0.25, -0.2) is 0 Å². The van der Waals surface area contributed by atoms with E-state index < -0.39 is 12.7 Å². The minimum Gasteiger partial charge on any atom is -0.315 e. The van der Waals surface area contributed by atoms with Crippen LogP contribution in [0.15, 0.2) is 0 Å². The topological polar surface area (TPSA) is 15.3 Å². The minimum atomic E-state index is -4.07. The molecular weight excluding hydrogens is 241 g/mol. The van der Waals surface area contributed by atoms with Gasteiger partial charge in [0.15, 0.2) is 0 Å². The molecule has 1 fully saturated rings. The van der Waals surface area contributed by atoms with Crippen molar-refractivity contribution in [3.63, 3.8) is 0 Å². The number of alkyl halides is 3. The number of rotatable bonds is 9. The third-order valence-electron chi connectivity index (χ3n) is 3.16. The molecule has 1 N–H and O–H groups in total. The van der Waals surface area contributed by atoms with Crippen LogP contribution in [0.4, 0.5) is 13.2 Å². The first kappa shape index (κ1) is 15.8. The van der Waals surface area contributed by atoms with Crippen molar-refractivity contribution < 1.29 is 13.2 Å². The molecule has 0 aliphatic heterocycles. The standard InChI is InChI=1S/C13H25F3N2/c1-11(2)4-3-7-17-8-9-18(12-5-6-12)10-13(14,15)16/h11-12,17H,3-10H2,1-2H3. The number of nitrogens with zero attached hydrogens (tertiary/aromatic N) is 1. The van der Waals surface area contributed by atoms with E-state index in [2.05, 4.69) is 19.2 Å². The number of nitrogens with one attached hydrogen (secondary N) is 1. The van der Waals surface area contributed by atoms with E-state index >= 15 is 0 Å². The molecule has 0 atom stereocenters. The second-order valence-corrected chi connectivity index (χ2v) is 5.60. The Morgan fingerprint density at radius 2 is 1.89 bits per heavy atom. The fourth-order valence-corrected chi connectivity index (χ4v) is 2.04. The molecule has 1 rings (SSSR count). The van der Waals surface area contributed by atoms with Crippen molar-refractivity contribution in [2.75, 3.05) is 26.2 Å². The third-order valence-corrected chi connectivity index (χ3v) is 3.16. The second-order valence-electron chi connectivity index (χ2n) is 5.60. The van der Waals surface area contributed by atoms with Crippen LogP contribution in [0.3, 0.4) is 0 Å². The molecule has 0 radical (unpaired) electrons. The molecule has 1 aliphatic carbocycles. The summed E-state index contributed by atoms with van der Waals surface area (Å²) in [5.74, 6) is 0.694. The first-order valence-electron chi connectivity index (χ1n) is 6.90. The largest absolute Gasteiger partial charge is 0.401 e.